The van der Waals surface area contributed by atoms with Gasteiger partial charge in [0.25, 0.3) is 0 Å². The summed E-state index contributed by atoms with van der Waals surface area (Å²) < 4.78 is 15.5. The topological polar surface area (TPSA) is 56.2 Å². The third-order valence-electron chi connectivity index (χ3n) is 3.46. The summed E-state index contributed by atoms with van der Waals surface area (Å²) in [6.45, 7) is 3.58. The number of nitrogens with two attached hydrogens (primary N) is 1. The quantitative estimate of drug-likeness (QED) is 0.790. The molecule has 108 valence electrons. The molecule has 0 radical (unpaired) electrons. The Morgan fingerprint density at radius 2 is 2.10 bits per heavy atom. The molecule has 2 aromatic heterocycles. The minimum absolute atomic E-state index is 0.128. The van der Waals surface area contributed by atoms with Crippen LogP contribution in [-0.4, -0.2) is 14.4 Å². The van der Waals surface area contributed by atoms with Crippen molar-refractivity contribution in [1.82, 2.24) is 14.4 Å². The van der Waals surface area contributed by atoms with Gasteiger partial charge in [0.05, 0.1) is 10.7 Å². The summed E-state index contributed by atoms with van der Waals surface area (Å²) in [5.74, 6) is 0.888. The van der Waals surface area contributed by atoms with Crippen molar-refractivity contribution in [3.63, 3.8) is 0 Å². The largest absolute Gasteiger partial charge is 0.382 e. The van der Waals surface area contributed by atoms with E-state index in [4.69, 9.17) is 17.3 Å². The minimum Gasteiger partial charge on any atom is -0.382 e. The molecule has 4 nitrogen and oxygen atoms in total. The first-order chi connectivity index (χ1) is 9.97. The van der Waals surface area contributed by atoms with Crippen LogP contribution in [-0.2, 0) is 6.42 Å². The van der Waals surface area contributed by atoms with Crippen LogP contribution in [0.2, 0.25) is 5.02 Å². The first-order valence-electron chi connectivity index (χ1n) is 6.50. The maximum Gasteiger partial charge on any atom is 0.149 e. The maximum atomic E-state index is 13.6. The minimum atomic E-state index is -0.377. The summed E-state index contributed by atoms with van der Waals surface area (Å²) in [5, 5.41) is 0.128. The highest BCUT2D eigenvalue weighted by atomic mass is 35.5. The van der Waals surface area contributed by atoms with Crippen LogP contribution >= 0.6 is 11.6 Å². The molecule has 0 saturated carbocycles. The van der Waals surface area contributed by atoms with E-state index in [1.807, 2.05) is 17.5 Å². The van der Waals surface area contributed by atoms with E-state index in [0.29, 0.717) is 17.8 Å². The molecule has 0 unspecified atom stereocenters. The van der Waals surface area contributed by atoms with Gasteiger partial charge < -0.3 is 5.73 Å². The number of hydrogen-bond donors (Lipinski definition) is 1. The lowest BCUT2D eigenvalue weighted by molar-refractivity contribution is 0.618. The molecule has 0 spiro atoms. The zero-order chi connectivity index (χ0) is 15.1. The number of rotatable bonds is 2. The number of fused-ring (bicyclic) bond motifs is 1. The molecular weight excluding hydrogens is 291 g/mol. The van der Waals surface area contributed by atoms with E-state index in [1.54, 1.807) is 25.3 Å². The lowest BCUT2D eigenvalue weighted by atomic mass is 10.1. The van der Waals surface area contributed by atoms with E-state index in [-0.39, 0.29) is 10.8 Å². The first-order valence-corrected chi connectivity index (χ1v) is 6.87. The fourth-order valence-corrected chi connectivity index (χ4v) is 2.81. The highest BCUT2D eigenvalue weighted by molar-refractivity contribution is 6.30. The second-order valence-corrected chi connectivity index (χ2v) is 5.44. The molecule has 2 heterocycles. The summed E-state index contributed by atoms with van der Waals surface area (Å²) in [7, 11) is 0. The molecule has 3 aromatic rings. The van der Waals surface area contributed by atoms with Gasteiger partial charge >= 0.3 is 0 Å². The molecule has 0 fully saturated rings. The zero-order valence-electron chi connectivity index (χ0n) is 11.7. The molecule has 0 amide bonds. The van der Waals surface area contributed by atoms with Crippen molar-refractivity contribution in [3.05, 3.63) is 58.0 Å². The Morgan fingerprint density at radius 3 is 2.81 bits per heavy atom. The summed E-state index contributed by atoms with van der Waals surface area (Å²) >= 11 is 5.90. The highest BCUT2D eigenvalue weighted by Gasteiger charge is 2.13. The Labute approximate surface area is 126 Å². The standard InChI is InChI=1S/C15H14ClFN4/c1-8-5-10(6-11(16)13(8)17)7-12-20-9(2)14-15(18)19-3-4-21(12)14/h3-6H,7H2,1-2H3,(H2,18,19). The number of nitrogen functional groups attached to an aromatic ring is 1. The van der Waals surface area contributed by atoms with Crippen molar-refractivity contribution in [2.75, 3.05) is 5.73 Å². The summed E-state index contributed by atoms with van der Waals surface area (Å²) in [5.41, 5.74) is 8.94. The maximum absolute atomic E-state index is 13.6. The number of benzene rings is 1. The van der Waals surface area contributed by atoms with E-state index >= 15 is 0 Å². The van der Waals surface area contributed by atoms with Gasteiger partial charge in [-0.05, 0) is 31.0 Å². The molecule has 0 aliphatic carbocycles. The first kappa shape index (κ1) is 13.8. The lowest BCUT2D eigenvalue weighted by Crippen LogP contribution is -2.00. The summed E-state index contributed by atoms with van der Waals surface area (Å²) in [6.07, 6.45) is 3.99. The molecule has 0 aliphatic heterocycles. The lowest BCUT2D eigenvalue weighted by Gasteiger charge is -2.06. The van der Waals surface area contributed by atoms with Crippen molar-refractivity contribution in [2.24, 2.45) is 0 Å². The Kier molecular flexibility index (Phi) is 3.29. The molecule has 0 bridgehead atoms. The molecule has 2 N–H and O–H groups in total. The Hall–Kier alpha value is -2.14. The Bertz CT molecular complexity index is 818. The van der Waals surface area contributed by atoms with Crippen molar-refractivity contribution in [3.8, 4) is 0 Å². The average molecular weight is 305 g/mol. The van der Waals surface area contributed by atoms with Crippen molar-refractivity contribution >= 4 is 22.9 Å². The second-order valence-electron chi connectivity index (χ2n) is 5.03. The molecule has 6 heteroatoms. The molecule has 1 aromatic carbocycles. The van der Waals surface area contributed by atoms with Gasteiger partial charge in [0.15, 0.2) is 0 Å². The van der Waals surface area contributed by atoms with Gasteiger partial charge in [-0.3, -0.25) is 4.40 Å². The van der Waals surface area contributed by atoms with Gasteiger partial charge in [0.1, 0.15) is 23.0 Å². The van der Waals surface area contributed by atoms with Gasteiger partial charge in [-0.25, -0.2) is 14.4 Å². The molecule has 0 atom stereocenters. The normalized spacial score (nSPS) is 11.2. The third kappa shape index (κ3) is 2.34. The van der Waals surface area contributed by atoms with Crippen LogP contribution in [0.4, 0.5) is 10.2 Å². The smallest absolute Gasteiger partial charge is 0.149 e. The monoisotopic (exact) mass is 304 g/mol. The van der Waals surface area contributed by atoms with E-state index in [2.05, 4.69) is 9.97 Å². The van der Waals surface area contributed by atoms with Crippen LogP contribution in [0, 0.1) is 19.7 Å². The molecule has 0 aliphatic rings. The zero-order valence-corrected chi connectivity index (χ0v) is 12.4. The number of anilines is 1. The number of halogens is 2. The van der Waals surface area contributed by atoms with Gasteiger partial charge in [-0.2, -0.15) is 0 Å². The van der Waals surface area contributed by atoms with Crippen LogP contribution in [0.25, 0.3) is 5.52 Å². The molecule has 0 saturated heterocycles. The fraction of sp³-hybridized carbons (Fsp3) is 0.200. The second kappa shape index (κ2) is 5.00. The van der Waals surface area contributed by atoms with E-state index < -0.39 is 0 Å². The number of imidazole rings is 1. The Morgan fingerprint density at radius 1 is 1.33 bits per heavy atom. The number of aromatic nitrogens is 3. The SMILES string of the molecule is Cc1cc(Cc2nc(C)c3c(N)nccn23)cc(Cl)c1F. The van der Waals surface area contributed by atoms with Gasteiger partial charge in [0.2, 0.25) is 0 Å². The van der Waals surface area contributed by atoms with Crippen LogP contribution in [0.15, 0.2) is 24.5 Å². The van der Waals surface area contributed by atoms with E-state index in [9.17, 15) is 4.39 Å². The van der Waals surface area contributed by atoms with E-state index in [0.717, 1.165) is 22.6 Å². The third-order valence-corrected chi connectivity index (χ3v) is 3.74. The predicted molar refractivity (Wildman–Crippen MR) is 81.1 cm³/mol. The highest BCUT2D eigenvalue weighted by Crippen LogP contribution is 2.23. The Balaban J connectivity index is 2.09. The van der Waals surface area contributed by atoms with Crippen LogP contribution in [0.3, 0.4) is 0 Å². The van der Waals surface area contributed by atoms with Crippen LogP contribution < -0.4 is 5.73 Å². The van der Waals surface area contributed by atoms with Crippen LogP contribution in [0.1, 0.15) is 22.6 Å². The van der Waals surface area contributed by atoms with Crippen molar-refractivity contribution in [2.45, 2.75) is 20.3 Å². The van der Waals surface area contributed by atoms with Gasteiger partial charge in [-0.1, -0.05) is 17.7 Å². The van der Waals surface area contributed by atoms with Crippen molar-refractivity contribution in [1.29, 1.82) is 0 Å². The predicted octanol–water partition coefficient (Wildman–Crippen LogP) is 3.31. The number of nitrogens with zero attached hydrogens (tertiary/aromatic N) is 3. The number of hydrogen-bond acceptors (Lipinski definition) is 3. The van der Waals surface area contributed by atoms with Gasteiger partial charge in [-0.15, -0.1) is 0 Å². The van der Waals surface area contributed by atoms with Crippen molar-refractivity contribution < 1.29 is 4.39 Å². The van der Waals surface area contributed by atoms with Crippen LogP contribution in [0.5, 0.6) is 0 Å². The number of aryl methyl sites for hydroxylation is 2. The molecular formula is C15H14ClFN4. The average Bonchev–Trinajstić information content (AvgIpc) is 2.74. The molecule has 3 rings (SSSR count). The summed E-state index contributed by atoms with van der Waals surface area (Å²) in [6, 6.07) is 3.41. The summed E-state index contributed by atoms with van der Waals surface area (Å²) in [4.78, 5) is 8.61. The molecule has 21 heavy (non-hydrogen) atoms. The van der Waals surface area contributed by atoms with Gasteiger partial charge in [0, 0.05) is 18.8 Å². The van der Waals surface area contributed by atoms with E-state index in [1.165, 1.54) is 0 Å². The fourth-order valence-electron chi connectivity index (χ4n) is 2.52.